The molecule has 3 amide bonds. The first-order valence-corrected chi connectivity index (χ1v) is 9.35. The van der Waals surface area contributed by atoms with Crippen LogP contribution in [-0.4, -0.2) is 54.5 Å². The molecule has 23 heavy (non-hydrogen) atoms. The van der Waals surface area contributed by atoms with E-state index >= 15 is 0 Å². The van der Waals surface area contributed by atoms with Crippen molar-refractivity contribution in [2.24, 2.45) is 0 Å². The lowest BCUT2D eigenvalue weighted by molar-refractivity contribution is 0.0670. The Kier molecular flexibility index (Phi) is 6.45. The first kappa shape index (κ1) is 17.8. The molecule has 1 aliphatic heterocycles. The minimum Gasteiger partial charge on any atom is -0.338 e. The molecule has 1 N–H and O–H groups in total. The second-order valence-corrected chi connectivity index (χ2v) is 6.91. The van der Waals surface area contributed by atoms with E-state index in [9.17, 15) is 9.59 Å². The Balaban J connectivity index is 1.98. The standard InChI is InChI=1S/C17H27N3O2S/c1-4-7-14-13(5-2)12-15(23-14)16(21)19-8-10-20(11-9-19)17(22)18-6-3/h12H,4-11H2,1-3H3,(H,18,22). The highest BCUT2D eigenvalue weighted by atomic mass is 32.1. The summed E-state index contributed by atoms with van der Waals surface area (Å²) in [5.41, 5.74) is 1.31. The molecule has 0 atom stereocenters. The maximum Gasteiger partial charge on any atom is 0.317 e. The van der Waals surface area contributed by atoms with Gasteiger partial charge in [0, 0.05) is 37.6 Å². The van der Waals surface area contributed by atoms with Gasteiger partial charge in [0.2, 0.25) is 0 Å². The number of nitrogens with zero attached hydrogens (tertiary/aromatic N) is 2. The second kappa shape index (κ2) is 8.34. The Morgan fingerprint density at radius 2 is 1.78 bits per heavy atom. The average molecular weight is 337 g/mol. The summed E-state index contributed by atoms with van der Waals surface area (Å²) in [6.07, 6.45) is 3.13. The molecule has 1 aliphatic rings. The van der Waals surface area contributed by atoms with Crippen molar-refractivity contribution in [3.63, 3.8) is 0 Å². The van der Waals surface area contributed by atoms with Gasteiger partial charge in [-0.3, -0.25) is 4.79 Å². The largest absolute Gasteiger partial charge is 0.338 e. The van der Waals surface area contributed by atoms with Gasteiger partial charge in [-0.15, -0.1) is 11.3 Å². The number of urea groups is 1. The maximum atomic E-state index is 12.7. The fourth-order valence-electron chi connectivity index (χ4n) is 2.84. The van der Waals surface area contributed by atoms with E-state index in [4.69, 9.17) is 0 Å². The van der Waals surface area contributed by atoms with E-state index in [1.165, 1.54) is 10.4 Å². The predicted octanol–water partition coefficient (Wildman–Crippen LogP) is 2.75. The van der Waals surface area contributed by atoms with E-state index in [1.54, 1.807) is 16.2 Å². The molecule has 0 aromatic carbocycles. The molecule has 0 spiro atoms. The summed E-state index contributed by atoms with van der Waals surface area (Å²) in [6, 6.07) is 2.03. The summed E-state index contributed by atoms with van der Waals surface area (Å²) >= 11 is 1.64. The second-order valence-electron chi connectivity index (χ2n) is 5.78. The molecule has 0 radical (unpaired) electrons. The number of amides is 3. The summed E-state index contributed by atoms with van der Waals surface area (Å²) in [5, 5.41) is 2.81. The summed E-state index contributed by atoms with van der Waals surface area (Å²) in [5.74, 6) is 0.114. The molecule has 6 heteroatoms. The number of rotatable bonds is 5. The smallest absolute Gasteiger partial charge is 0.317 e. The van der Waals surface area contributed by atoms with Gasteiger partial charge in [-0.25, -0.2) is 4.79 Å². The molecule has 1 aromatic rings. The van der Waals surface area contributed by atoms with Crippen LogP contribution >= 0.6 is 11.3 Å². The van der Waals surface area contributed by atoms with Crippen LogP contribution in [0.15, 0.2) is 6.07 Å². The lowest BCUT2D eigenvalue weighted by Gasteiger charge is -2.34. The Hall–Kier alpha value is -1.56. The molecular formula is C17H27N3O2S. The first-order valence-electron chi connectivity index (χ1n) is 8.54. The minimum absolute atomic E-state index is 0.0331. The number of aryl methyl sites for hydroxylation is 2. The van der Waals surface area contributed by atoms with Crippen LogP contribution < -0.4 is 5.32 Å². The molecule has 2 heterocycles. The predicted molar refractivity (Wildman–Crippen MR) is 94.2 cm³/mol. The SMILES string of the molecule is CCCc1sc(C(=O)N2CCN(C(=O)NCC)CC2)cc1CC. The Morgan fingerprint density at radius 3 is 2.35 bits per heavy atom. The Labute approximate surface area is 142 Å². The van der Waals surface area contributed by atoms with Crippen LogP contribution in [-0.2, 0) is 12.8 Å². The maximum absolute atomic E-state index is 12.7. The van der Waals surface area contributed by atoms with Crippen molar-refractivity contribution in [2.75, 3.05) is 32.7 Å². The third-order valence-corrected chi connectivity index (χ3v) is 5.37. The topological polar surface area (TPSA) is 52.7 Å². The van der Waals surface area contributed by atoms with Crippen LogP contribution in [0.4, 0.5) is 4.79 Å². The quantitative estimate of drug-likeness (QED) is 0.898. The summed E-state index contributed by atoms with van der Waals surface area (Å²) < 4.78 is 0. The molecule has 0 unspecified atom stereocenters. The Bertz CT molecular complexity index is 548. The Morgan fingerprint density at radius 1 is 1.13 bits per heavy atom. The van der Waals surface area contributed by atoms with Crippen LogP contribution in [0.2, 0.25) is 0 Å². The third kappa shape index (κ3) is 4.25. The highest BCUT2D eigenvalue weighted by molar-refractivity contribution is 7.14. The normalized spacial score (nSPS) is 14.9. The lowest BCUT2D eigenvalue weighted by Crippen LogP contribution is -2.53. The van der Waals surface area contributed by atoms with E-state index < -0.39 is 0 Å². The monoisotopic (exact) mass is 337 g/mol. The van der Waals surface area contributed by atoms with Gasteiger partial charge in [-0.1, -0.05) is 20.3 Å². The minimum atomic E-state index is -0.0331. The van der Waals surface area contributed by atoms with E-state index in [2.05, 4.69) is 25.2 Å². The van der Waals surface area contributed by atoms with E-state index in [0.29, 0.717) is 32.7 Å². The zero-order valence-corrected chi connectivity index (χ0v) is 15.2. The van der Waals surface area contributed by atoms with Crippen molar-refractivity contribution in [2.45, 2.75) is 40.0 Å². The van der Waals surface area contributed by atoms with Gasteiger partial charge in [0.15, 0.2) is 0 Å². The van der Waals surface area contributed by atoms with E-state index in [1.807, 2.05) is 11.8 Å². The van der Waals surface area contributed by atoms with Gasteiger partial charge in [0.25, 0.3) is 5.91 Å². The highest BCUT2D eigenvalue weighted by Gasteiger charge is 2.26. The van der Waals surface area contributed by atoms with Crippen molar-refractivity contribution in [3.8, 4) is 0 Å². The zero-order chi connectivity index (χ0) is 16.8. The molecule has 0 aliphatic carbocycles. The number of nitrogens with one attached hydrogen (secondary N) is 1. The van der Waals surface area contributed by atoms with E-state index in [0.717, 1.165) is 24.1 Å². The number of hydrogen-bond acceptors (Lipinski definition) is 3. The van der Waals surface area contributed by atoms with Crippen LogP contribution in [0.25, 0.3) is 0 Å². The molecule has 128 valence electrons. The number of thiophene rings is 1. The van der Waals surface area contributed by atoms with Gasteiger partial charge >= 0.3 is 6.03 Å². The van der Waals surface area contributed by atoms with Gasteiger partial charge in [0.1, 0.15) is 0 Å². The third-order valence-electron chi connectivity index (χ3n) is 4.15. The number of piperazine rings is 1. The van der Waals surface area contributed by atoms with Crippen LogP contribution in [0.5, 0.6) is 0 Å². The van der Waals surface area contributed by atoms with Gasteiger partial charge in [-0.2, -0.15) is 0 Å². The summed E-state index contributed by atoms with van der Waals surface area (Å²) in [6.45, 7) is 9.27. The summed E-state index contributed by atoms with van der Waals surface area (Å²) in [4.78, 5) is 30.4. The van der Waals surface area contributed by atoms with Crippen molar-refractivity contribution in [3.05, 3.63) is 21.4 Å². The lowest BCUT2D eigenvalue weighted by atomic mass is 10.1. The van der Waals surface area contributed by atoms with E-state index in [-0.39, 0.29) is 11.9 Å². The average Bonchev–Trinajstić information content (AvgIpc) is 2.98. The fraction of sp³-hybridized carbons (Fsp3) is 0.647. The zero-order valence-electron chi connectivity index (χ0n) is 14.4. The number of carbonyl (C=O) groups excluding carboxylic acids is 2. The first-order chi connectivity index (χ1) is 11.1. The van der Waals surface area contributed by atoms with Crippen molar-refractivity contribution in [1.29, 1.82) is 0 Å². The molecule has 0 bridgehead atoms. The molecule has 1 fully saturated rings. The molecule has 1 aromatic heterocycles. The van der Waals surface area contributed by atoms with Gasteiger partial charge in [0.05, 0.1) is 4.88 Å². The van der Waals surface area contributed by atoms with Crippen molar-refractivity contribution in [1.82, 2.24) is 15.1 Å². The van der Waals surface area contributed by atoms with Crippen LogP contribution in [0.3, 0.4) is 0 Å². The summed E-state index contributed by atoms with van der Waals surface area (Å²) in [7, 11) is 0. The van der Waals surface area contributed by atoms with Crippen LogP contribution in [0, 0.1) is 0 Å². The number of hydrogen-bond donors (Lipinski definition) is 1. The van der Waals surface area contributed by atoms with Gasteiger partial charge < -0.3 is 15.1 Å². The molecule has 5 nitrogen and oxygen atoms in total. The van der Waals surface area contributed by atoms with Gasteiger partial charge in [-0.05, 0) is 31.4 Å². The van der Waals surface area contributed by atoms with Crippen molar-refractivity contribution < 1.29 is 9.59 Å². The number of carbonyl (C=O) groups is 2. The highest BCUT2D eigenvalue weighted by Crippen LogP contribution is 2.26. The molecular weight excluding hydrogens is 310 g/mol. The molecule has 1 saturated heterocycles. The molecule has 0 saturated carbocycles. The van der Waals surface area contributed by atoms with Crippen LogP contribution in [0.1, 0.15) is 47.3 Å². The van der Waals surface area contributed by atoms with Crippen molar-refractivity contribution >= 4 is 23.3 Å². The molecule has 2 rings (SSSR count). The fourth-order valence-corrected chi connectivity index (χ4v) is 4.16.